The Morgan fingerprint density at radius 3 is 2.36 bits per heavy atom. The van der Waals surface area contributed by atoms with E-state index in [0.29, 0.717) is 13.1 Å². The molecule has 1 aromatic rings. The van der Waals surface area contributed by atoms with Crippen LogP contribution in [0.15, 0.2) is 18.2 Å². The highest BCUT2D eigenvalue weighted by Gasteiger charge is 2.41. The van der Waals surface area contributed by atoms with E-state index < -0.39 is 23.3 Å². The van der Waals surface area contributed by atoms with Crippen molar-refractivity contribution in [2.45, 2.75) is 19.5 Å². The van der Waals surface area contributed by atoms with Gasteiger partial charge >= 0.3 is 6.18 Å². The zero-order valence-corrected chi connectivity index (χ0v) is 12.3. The lowest BCUT2D eigenvalue weighted by atomic mass is 10.1. The van der Waals surface area contributed by atoms with E-state index in [1.54, 1.807) is 4.90 Å². The Kier molecular flexibility index (Phi) is 5.05. The van der Waals surface area contributed by atoms with Gasteiger partial charge in [0.05, 0.1) is 11.3 Å². The van der Waals surface area contributed by atoms with E-state index in [1.165, 1.54) is 12.1 Å². The molecule has 1 aromatic carbocycles. The molecule has 122 valence electrons. The molecule has 22 heavy (non-hydrogen) atoms. The molecule has 2 rings (SSSR count). The number of alkyl halides is 3. The largest absolute Gasteiger partial charge is 0.454 e. The van der Waals surface area contributed by atoms with Crippen LogP contribution in [0.5, 0.6) is 0 Å². The predicted octanol–water partition coefficient (Wildman–Crippen LogP) is 3.10. The molecule has 0 unspecified atom stereocenters. The normalized spacial score (nSPS) is 16.9. The lowest BCUT2D eigenvalue weighted by Gasteiger charge is -2.36. The van der Waals surface area contributed by atoms with Crippen LogP contribution in [0.3, 0.4) is 0 Å². The lowest BCUT2D eigenvalue weighted by molar-refractivity contribution is -0.0887. The van der Waals surface area contributed by atoms with Crippen LogP contribution >= 0.6 is 0 Å². The number of ketones is 1. The monoisotopic (exact) mass is 318 g/mol. The minimum absolute atomic E-state index is 0.0613. The number of Topliss-reactive ketones (excluding diaryl/α,β-unsaturated/α-hetero) is 1. The molecule has 1 saturated heterocycles. The first-order chi connectivity index (χ1) is 10.3. The molecule has 0 spiro atoms. The Morgan fingerprint density at radius 1 is 1.18 bits per heavy atom. The first-order valence-electron chi connectivity index (χ1n) is 7.22. The Bertz CT molecular complexity index is 537. The summed E-state index contributed by atoms with van der Waals surface area (Å²) in [5.41, 5.74) is -0.854. The summed E-state index contributed by atoms with van der Waals surface area (Å²) in [4.78, 5) is 15.2. The van der Waals surface area contributed by atoms with Gasteiger partial charge in [0.2, 0.25) is 0 Å². The number of benzene rings is 1. The van der Waals surface area contributed by atoms with E-state index in [1.807, 2.05) is 0 Å². The molecule has 0 N–H and O–H groups in total. The van der Waals surface area contributed by atoms with E-state index >= 15 is 0 Å². The van der Waals surface area contributed by atoms with Crippen LogP contribution < -0.4 is 4.90 Å². The van der Waals surface area contributed by atoms with Crippen LogP contribution in [0.1, 0.15) is 23.7 Å². The molecular formula is C15H18F4N2O. The molecule has 1 heterocycles. The van der Waals surface area contributed by atoms with Crippen molar-refractivity contribution in [1.82, 2.24) is 4.90 Å². The van der Waals surface area contributed by atoms with E-state index in [-0.39, 0.29) is 5.69 Å². The number of carbonyl (C=O) groups is 1. The summed E-state index contributed by atoms with van der Waals surface area (Å²) < 4.78 is 51.8. The summed E-state index contributed by atoms with van der Waals surface area (Å²) in [6.07, 6.45) is -4.05. The van der Waals surface area contributed by atoms with E-state index in [2.05, 4.69) is 11.8 Å². The van der Waals surface area contributed by atoms with Crippen molar-refractivity contribution >= 4 is 11.5 Å². The fourth-order valence-corrected chi connectivity index (χ4v) is 2.62. The maximum Gasteiger partial charge on any atom is 0.454 e. The molecule has 1 aliphatic rings. The highest BCUT2D eigenvalue weighted by atomic mass is 19.4. The molecule has 0 saturated carbocycles. The third-order valence-corrected chi connectivity index (χ3v) is 3.73. The third kappa shape index (κ3) is 3.58. The number of hydrogen-bond acceptors (Lipinski definition) is 3. The van der Waals surface area contributed by atoms with E-state index in [4.69, 9.17) is 0 Å². The summed E-state index contributed by atoms with van der Waals surface area (Å²) in [5.74, 6) is -3.23. The van der Waals surface area contributed by atoms with Crippen LogP contribution in [0.2, 0.25) is 0 Å². The smallest absolute Gasteiger partial charge is 0.367 e. The van der Waals surface area contributed by atoms with Gasteiger partial charge in [-0.2, -0.15) is 13.2 Å². The minimum Gasteiger partial charge on any atom is -0.367 e. The van der Waals surface area contributed by atoms with Gasteiger partial charge in [-0.25, -0.2) is 4.39 Å². The van der Waals surface area contributed by atoms with Gasteiger partial charge < -0.3 is 4.90 Å². The number of halogens is 4. The SMILES string of the molecule is CCCN1CCN(c2cccc(C(=O)C(F)(F)F)c2F)CC1. The summed E-state index contributed by atoms with van der Waals surface area (Å²) in [6, 6.07) is 3.58. The molecule has 3 nitrogen and oxygen atoms in total. The topological polar surface area (TPSA) is 23.6 Å². The number of hydrogen-bond donors (Lipinski definition) is 0. The van der Waals surface area contributed by atoms with Crippen molar-refractivity contribution in [3.63, 3.8) is 0 Å². The molecule has 0 aromatic heterocycles. The summed E-state index contributed by atoms with van der Waals surface area (Å²) >= 11 is 0. The second-order valence-corrected chi connectivity index (χ2v) is 5.29. The van der Waals surface area contributed by atoms with Gasteiger partial charge in [0.15, 0.2) is 5.82 Å². The average molecular weight is 318 g/mol. The van der Waals surface area contributed by atoms with Crippen LogP contribution in [0.25, 0.3) is 0 Å². The second kappa shape index (κ2) is 6.64. The Hall–Kier alpha value is -1.63. The molecule has 0 amide bonds. The zero-order valence-electron chi connectivity index (χ0n) is 12.3. The Labute approximate surface area is 126 Å². The van der Waals surface area contributed by atoms with Crippen molar-refractivity contribution in [2.24, 2.45) is 0 Å². The summed E-state index contributed by atoms with van der Waals surface area (Å²) in [5, 5.41) is 0. The predicted molar refractivity (Wildman–Crippen MR) is 75.7 cm³/mol. The molecule has 7 heteroatoms. The maximum atomic E-state index is 14.3. The lowest BCUT2D eigenvalue weighted by Crippen LogP contribution is -2.47. The second-order valence-electron chi connectivity index (χ2n) is 5.29. The van der Waals surface area contributed by atoms with Crippen molar-refractivity contribution in [3.05, 3.63) is 29.6 Å². The molecule has 0 atom stereocenters. The standard InChI is InChI=1S/C15H18F4N2O/c1-2-6-20-7-9-21(10-8-20)12-5-3-4-11(13(12)16)14(22)15(17,18)19/h3-5H,2,6-10H2,1H3. The minimum atomic E-state index is -5.07. The molecule has 0 bridgehead atoms. The highest BCUT2D eigenvalue weighted by Crippen LogP contribution is 2.28. The van der Waals surface area contributed by atoms with E-state index in [9.17, 15) is 22.4 Å². The Balaban J connectivity index is 2.18. The fourth-order valence-electron chi connectivity index (χ4n) is 2.62. The number of nitrogens with zero attached hydrogens (tertiary/aromatic N) is 2. The molecular weight excluding hydrogens is 300 g/mol. The fraction of sp³-hybridized carbons (Fsp3) is 0.533. The van der Waals surface area contributed by atoms with Crippen molar-refractivity contribution in [3.8, 4) is 0 Å². The zero-order chi connectivity index (χ0) is 16.3. The van der Waals surface area contributed by atoms with Crippen LogP contribution in [0.4, 0.5) is 23.2 Å². The Morgan fingerprint density at radius 2 is 1.82 bits per heavy atom. The highest BCUT2D eigenvalue weighted by molar-refractivity contribution is 6.01. The molecule has 1 aliphatic heterocycles. The van der Waals surface area contributed by atoms with Crippen LogP contribution in [-0.4, -0.2) is 49.6 Å². The van der Waals surface area contributed by atoms with Gasteiger partial charge in [0.1, 0.15) is 0 Å². The first-order valence-corrected chi connectivity index (χ1v) is 7.22. The number of carbonyl (C=O) groups excluding carboxylic acids is 1. The first kappa shape index (κ1) is 16.7. The van der Waals surface area contributed by atoms with Gasteiger partial charge in [-0.1, -0.05) is 13.0 Å². The van der Waals surface area contributed by atoms with Gasteiger partial charge in [0.25, 0.3) is 5.78 Å². The van der Waals surface area contributed by atoms with Crippen LogP contribution in [-0.2, 0) is 0 Å². The van der Waals surface area contributed by atoms with Gasteiger partial charge in [-0.15, -0.1) is 0 Å². The van der Waals surface area contributed by atoms with Crippen molar-refractivity contribution in [2.75, 3.05) is 37.6 Å². The van der Waals surface area contributed by atoms with Crippen molar-refractivity contribution in [1.29, 1.82) is 0 Å². The average Bonchev–Trinajstić information content (AvgIpc) is 2.47. The third-order valence-electron chi connectivity index (χ3n) is 3.73. The number of rotatable bonds is 4. The van der Waals surface area contributed by atoms with Gasteiger partial charge in [-0.3, -0.25) is 9.69 Å². The van der Waals surface area contributed by atoms with Gasteiger partial charge in [0, 0.05) is 26.2 Å². The maximum absolute atomic E-state index is 14.3. The molecule has 0 radical (unpaired) electrons. The molecule has 1 fully saturated rings. The molecule has 0 aliphatic carbocycles. The van der Waals surface area contributed by atoms with E-state index in [0.717, 1.165) is 32.1 Å². The number of piperazine rings is 1. The quantitative estimate of drug-likeness (QED) is 0.629. The summed E-state index contributed by atoms with van der Waals surface area (Å²) in [6.45, 7) is 5.53. The number of anilines is 1. The summed E-state index contributed by atoms with van der Waals surface area (Å²) in [7, 11) is 0. The van der Waals surface area contributed by atoms with Crippen molar-refractivity contribution < 1.29 is 22.4 Å². The van der Waals surface area contributed by atoms with Gasteiger partial charge in [-0.05, 0) is 25.1 Å². The van der Waals surface area contributed by atoms with Crippen LogP contribution in [0, 0.1) is 5.82 Å².